The van der Waals surface area contributed by atoms with Crippen molar-refractivity contribution >= 4 is 15.5 Å². The lowest BCUT2D eigenvalue weighted by Gasteiger charge is -2.53. The highest BCUT2D eigenvalue weighted by molar-refractivity contribution is 7.49. The standard InChI is InChI=1S/C6H8O12P2/c7-1-2-3(8)4(9)5(10,6(11,15-2)19(12)13)18-20(14,16-3)17-4/h2,7-11H,1H2/t2-,3+,4+,5-,6?,20?/m1/s1. The summed E-state index contributed by atoms with van der Waals surface area (Å²) >= 11 is 0. The van der Waals surface area contributed by atoms with Gasteiger partial charge in [-0.15, -0.1) is 0 Å². The van der Waals surface area contributed by atoms with Crippen molar-refractivity contribution in [2.45, 2.75) is 29.0 Å². The Kier molecular flexibility index (Phi) is 2.62. The van der Waals surface area contributed by atoms with Crippen LogP contribution < -0.4 is 0 Å². The van der Waals surface area contributed by atoms with E-state index in [0.717, 1.165) is 0 Å². The molecule has 14 heteroatoms. The minimum absolute atomic E-state index is 1.18. The topological polar surface area (TPSA) is 189 Å². The van der Waals surface area contributed by atoms with Crippen molar-refractivity contribution in [2.75, 3.05) is 6.61 Å². The summed E-state index contributed by atoms with van der Waals surface area (Å²) in [5.41, 5.74) is -3.65. The first-order valence-corrected chi connectivity index (χ1v) is 7.67. The smallest absolute Gasteiger partial charge is 0.393 e. The zero-order valence-corrected chi connectivity index (χ0v) is 11.1. The van der Waals surface area contributed by atoms with Crippen molar-refractivity contribution in [3.63, 3.8) is 0 Å². The molecule has 12 nitrogen and oxygen atoms in total. The van der Waals surface area contributed by atoms with Crippen molar-refractivity contribution in [1.29, 1.82) is 0 Å². The van der Waals surface area contributed by atoms with Gasteiger partial charge in [-0.2, -0.15) is 0 Å². The fourth-order valence-electron chi connectivity index (χ4n) is 2.29. The Morgan fingerprint density at radius 3 is 2.05 bits per heavy atom. The van der Waals surface area contributed by atoms with Gasteiger partial charge in [0, 0.05) is 0 Å². The highest BCUT2D eigenvalue weighted by Crippen LogP contribution is 2.79. The van der Waals surface area contributed by atoms with Crippen molar-refractivity contribution in [3.05, 3.63) is 0 Å². The molecule has 3 aliphatic heterocycles. The first-order chi connectivity index (χ1) is 8.98. The van der Waals surface area contributed by atoms with Crippen molar-refractivity contribution in [2.24, 2.45) is 0 Å². The van der Waals surface area contributed by atoms with Gasteiger partial charge < -0.3 is 30.3 Å². The van der Waals surface area contributed by atoms with Crippen LogP contribution in [0.25, 0.3) is 0 Å². The molecule has 0 aromatic heterocycles. The third-order valence-corrected chi connectivity index (χ3v) is 5.66. The van der Waals surface area contributed by atoms with E-state index in [2.05, 4.69) is 18.3 Å². The van der Waals surface area contributed by atoms with Crippen molar-refractivity contribution in [3.8, 4) is 0 Å². The van der Waals surface area contributed by atoms with E-state index in [4.69, 9.17) is 5.11 Å². The van der Waals surface area contributed by atoms with Crippen LogP contribution in [0.15, 0.2) is 0 Å². The lowest BCUT2D eigenvalue weighted by molar-refractivity contribution is -0.510. The average Bonchev–Trinajstić information content (AvgIpc) is 2.65. The molecule has 0 aliphatic carbocycles. The fourth-order valence-corrected chi connectivity index (χ4v) is 4.86. The number of phosphoric ester groups is 1. The molecule has 0 saturated carbocycles. The van der Waals surface area contributed by atoms with E-state index in [1.165, 1.54) is 0 Å². The van der Waals surface area contributed by atoms with Crippen molar-refractivity contribution in [1.82, 2.24) is 0 Å². The SMILES string of the molecule is O=P(=O)C1(O)O[C@H](CO)[C@]2(O)OP3(=O)O[C@]2(O)[C@@]1(O)O3. The first-order valence-electron chi connectivity index (χ1n) is 5.03. The highest BCUT2D eigenvalue weighted by Gasteiger charge is 2.94. The van der Waals surface area contributed by atoms with Gasteiger partial charge in [-0.1, -0.05) is 0 Å². The van der Waals surface area contributed by atoms with Crippen LogP contribution in [-0.2, 0) is 32.0 Å². The summed E-state index contributed by atoms with van der Waals surface area (Å²) in [5, 5.41) is 49.2. The van der Waals surface area contributed by atoms with E-state index < -0.39 is 51.1 Å². The molecule has 2 unspecified atom stereocenters. The van der Waals surface area contributed by atoms with Crippen LogP contribution in [0.1, 0.15) is 0 Å². The van der Waals surface area contributed by atoms with Crippen LogP contribution in [0.2, 0.25) is 0 Å². The van der Waals surface area contributed by atoms with Gasteiger partial charge >= 0.3 is 26.8 Å². The minimum Gasteiger partial charge on any atom is -0.393 e. The number of fused-ring (bicyclic) bond motifs is 1. The number of aliphatic hydroxyl groups excluding tert-OH is 1. The maximum absolute atomic E-state index is 11.8. The van der Waals surface area contributed by atoms with E-state index in [0.29, 0.717) is 0 Å². The molecule has 20 heavy (non-hydrogen) atoms. The Balaban J connectivity index is 2.29. The second-order valence-corrected chi connectivity index (χ2v) is 6.92. The van der Waals surface area contributed by atoms with Crippen LogP contribution in [0.4, 0.5) is 0 Å². The largest absolute Gasteiger partial charge is 0.483 e. The third kappa shape index (κ3) is 1.23. The molecule has 0 amide bonds. The molecule has 6 atom stereocenters. The number of ether oxygens (including phenoxy) is 1. The zero-order chi connectivity index (χ0) is 15.2. The minimum atomic E-state index is -4.79. The van der Waals surface area contributed by atoms with Crippen molar-refractivity contribution < 1.29 is 57.5 Å². The Morgan fingerprint density at radius 1 is 1.05 bits per heavy atom. The molecule has 3 rings (SSSR count). The predicted molar refractivity (Wildman–Crippen MR) is 50.9 cm³/mol. The lowest BCUT2D eigenvalue weighted by atomic mass is 9.88. The van der Waals surface area contributed by atoms with Gasteiger partial charge in [0.1, 0.15) is 6.10 Å². The number of rotatable bonds is 2. The number of aliphatic hydroxyl groups is 5. The monoisotopic (exact) mass is 334 g/mol. The van der Waals surface area contributed by atoms with Crippen LogP contribution in [-0.4, -0.2) is 61.1 Å². The normalized spacial score (nSPS) is 60.8. The summed E-state index contributed by atoms with van der Waals surface area (Å²) in [6.07, 6.45) is -2.11. The van der Waals surface area contributed by atoms with E-state index in [1.807, 2.05) is 0 Å². The van der Waals surface area contributed by atoms with Gasteiger partial charge in [-0.05, 0) is 0 Å². The second-order valence-electron chi connectivity index (χ2n) is 4.36. The first kappa shape index (κ1) is 14.7. The van der Waals surface area contributed by atoms with Gasteiger partial charge in [0.25, 0.3) is 11.6 Å². The molecule has 114 valence electrons. The summed E-state index contributed by atoms with van der Waals surface area (Å²) < 4.78 is 51.6. The molecule has 3 heterocycles. The zero-order valence-electron chi connectivity index (χ0n) is 9.27. The van der Waals surface area contributed by atoms with Gasteiger partial charge in [0.15, 0.2) is 0 Å². The average molecular weight is 334 g/mol. The fraction of sp³-hybridized carbons (Fsp3) is 1.00. The molecule has 0 aromatic rings. The highest BCUT2D eigenvalue weighted by atomic mass is 31.2. The molecule has 3 fully saturated rings. The second kappa shape index (κ2) is 3.57. The summed E-state index contributed by atoms with van der Waals surface area (Å²) in [5.74, 6) is -10.2. The van der Waals surface area contributed by atoms with E-state index in [1.54, 1.807) is 0 Å². The van der Waals surface area contributed by atoms with Gasteiger partial charge in [-0.25, -0.2) is 27.3 Å². The van der Waals surface area contributed by atoms with Gasteiger partial charge in [-0.3, -0.25) is 0 Å². The molecule has 3 saturated heterocycles. The summed E-state index contributed by atoms with van der Waals surface area (Å²) in [6, 6.07) is 0. The lowest BCUT2D eigenvalue weighted by Crippen LogP contribution is -2.82. The van der Waals surface area contributed by atoms with Gasteiger partial charge in [0.05, 0.1) is 6.61 Å². The predicted octanol–water partition coefficient (Wildman–Crippen LogP) is -2.55. The molecule has 0 spiro atoms. The van der Waals surface area contributed by atoms with Crippen LogP contribution >= 0.6 is 15.5 Å². The maximum Gasteiger partial charge on any atom is 0.483 e. The van der Waals surface area contributed by atoms with Crippen LogP contribution in [0.3, 0.4) is 0 Å². The number of phosphoric acid groups is 1. The van der Waals surface area contributed by atoms with E-state index in [9.17, 15) is 34.1 Å². The van der Waals surface area contributed by atoms with Crippen LogP contribution in [0, 0.1) is 0 Å². The van der Waals surface area contributed by atoms with Gasteiger partial charge in [0.2, 0.25) is 0 Å². The Bertz CT molecular complexity index is 595. The van der Waals surface area contributed by atoms with E-state index >= 15 is 0 Å². The molecule has 2 bridgehead atoms. The third-order valence-electron chi connectivity index (χ3n) is 3.28. The maximum atomic E-state index is 11.8. The summed E-state index contributed by atoms with van der Waals surface area (Å²) in [6.45, 7) is -1.18. The molecule has 5 N–H and O–H groups in total. The molecule has 3 aliphatic rings. The Morgan fingerprint density at radius 2 is 1.60 bits per heavy atom. The Hall–Kier alpha value is -0.230. The summed E-state index contributed by atoms with van der Waals surface area (Å²) in [4.78, 5) is 0. The number of hydrogen-bond donors (Lipinski definition) is 5. The van der Waals surface area contributed by atoms with E-state index in [-0.39, 0.29) is 0 Å². The molecule has 0 aromatic carbocycles. The molecule has 0 radical (unpaired) electrons. The van der Waals surface area contributed by atoms with Crippen LogP contribution in [0.5, 0.6) is 0 Å². The molecular formula is C6H8O12P2. The quantitative estimate of drug-likeness (QED) is 0.333. The Labute approximate surface area is 109 Å². The summed E-state index contributed by atoms with van der Waals surface area (Å²) in [7, 11) is -8.86. The number of hydrogen-bond acceptors (Lipinski definition) is 12. The molecular weight excluding hydrogens is 326 g/mol.